The van der Waals surface area contributed by atoms with Crippen molar-refractivity contribution in [1.82, 2.24) is 20.7 Å². The fourth-order valence-electron chi connectivity index (χ4n) is 14.4. The van der Waals surface area contributed by atoms with E-state index in [1.165, 1.54) is 28.7 Å². The number of methoxy groups -OCH3 is 2. The third-order valence-corrected chi connectivity index (χ3v) is 19.9. The van der Waals surface area contributed by atoms with E-state index in [0.29, 0.717) is 113 Å². The molecule has 5 heterocycles. The lowest BCUT2D eigenvalue weighted by molar-refractivity contribution is -0.204. The van der Waals surface area contributed by atoms with Crippen molar-refractivity contribution >= 4 is 56.8 Å². The zero-order valence-corrected chi connectivity index (χ0v) is 42.8. The van der Waals surface area contributed by atoms with E-state index >= 15 is 4.79 Å². The maximum Gasteiger partial charge on any atom is 0.426 e. The van der Waals surface area contributed by atoms with Crippen LogP contribution in [0, 0.1) is 17.3 Å². The minimum atomic E-state index is -2.53. The molecule has 70 heavy (non-hydrogen) atoms. The van der Waals surface area contributed by atoms with Crippen LogP contribution >= 0.6 is 21.6 Å². The van der Waals surface area contributed by atoms with Gasteiger partial charge in [-0.3, -0.25) is 29.6 Å². The van der Waals surface area contributed by atoms with Gasteiger partial charge in [0.15, 0.2) is 5.60 Å². The summed E-state index contributed by atoms with van der Waals surface area (Å²) in [4.78, 5) is 61.4. The van der Waals surface area contributed by atoms with Gasteiger partial charge in [0.05, 0.1) is 31.8 Å². The van der Waals surface area contributed by atoms with Crippen LogP contribution in [0.15, 0.2) is 54.1 Å². The largest absolute Gasteiger partial charge is 0.496 e. The number of benzene rings is 2. The fourth-order valence-corrected chi connectivity index (χ4v) is 16.6. The molecule has 2 bridgehead atoms. The molecule has 2 amide bonds. The van der Waals surface area contributed by atoms with Crippen LogP contribution in [-0.4, -0.2) is 156 Å². The van der Waals surface area contributed by atoms with Crippen molar-refractivity contribution in [3.63, 3.8) is 0 Å². The van der Waals surface area contributed by atoms with E-state index < -0.39 is 75.5 Å². The molecule has 0 aromatic heterocycles. The SMILES string of the molecule is CC[C@@H](CSSCCOC(=O)NNC(=O)[C@@]1(O)[C@H](O)[C@]2(CC)C=CCN3CC[C@@]4(c5cc([C@@]6(C(=O)OC)C[C@@H]7CN(CCC8=C6Cc6ccccc68)C[C@](O)(CC)C7)c(OC)cc5N(C)[C@@H]14)[C@@H]32)C(=O)O. The molecule has 380 valence electrons. The van der Waals surface area contributed by atoms with Crippen LogP contribution in [0.4, 0.5) is 10.5 Å². The Morgan fingerprint density at radius 1 is 0.971 bits per heavy atom. The topological polar surface area (TPSA) is 211 Å². The Bertz CT molecular complexity index is 2470. The van der Waals surface area contributed by atoms with Crippen molar-refractivity contribution in [3.05, 3.63) is 76.4 Å². The number of carbonyl (C=O) groups excluding carboxylic acids is 3. The number of likely N-dealkylation sites (N-methyl/N-ethyl adjacent to an activating group) is 1. The molecule has 9 rings (SSSR count). The maximum absolute atomic E-state index is 15.5. The van der Waals surface area contributed by atoms with Crippen molar-refractivity contribution in [1.29, 1.82) is 0 Å². The number of fused-ring (bicyclic) bond motifs is 5. The van der Waals surface area contributed by atoms with Crippen LogP contribution in [0.25, 0.3) is 5.57 Å². The molecule has 6 N–H and O–H groups in total. The number of anilines is 1. The van der Waals surface area contributed by atoms with Gasteiger partial charge in [0.1, 0.15) is 23.9 Å². The van der Waals surface area contributed by atoms with Gasteiger partial charge in [0.25, 0.3) is 5.91 Å². The monoisotopic (exact) mass is 1000 g/mol. The summed E-state index contributed by atoms with van der Waals surface area (Å²) in [7, 11) is 7.59. The number of aliphatic hydroxyl groups excluding tert-OH is 1. The minimum absolute atomic E-state index is 0.0264. The van der Waals surface area contributed by atoms with Crippen molar-refractivity contribution in [2.45, 2.75) is 112 Å². The number of hydrogen-bond donors (Lipinski definition) is 6. The molecule has 2 aliphatic carbocycles. The van der Waals surface area contributed by atoms with E-state index in [1.807, 2.05) is 63.1 Å². The van der Waals surface area contributed by atoms with Crippen LogP contribution in [0.1, 0.15) is 88.0 Å². The van der Waals surface area contributed by atoms with Crippen molar-refractivity contribution in [2.24, 2.45) is 17.3 Å². The molecule has 2 saturated heterocycles. The molecule has 1 saturated carbocycles. The van der Waals surface area contributed by atoms with E-state index in [9.17, 15) is 34.8 Å². The Morgan fingerprint density at radius 2 is 1.76 bits per heavy atom. The van der Waals surface area contributed by atoms with Gasteiger partial charge in [-0.15, -0.1) is 0 Å². The zero-order chi connectivity index (χ0) is 50.0. The Morgan fingerprint density at radius 3 is 2.47 bits per heavy atom. The molecule has 2 aromatic rings. The van der Waals surface area contributed by atoms with Crippen LogP contribution in [-0.2, 0) is 41.1 Å². The molecular formula is C52H69N5O11S2. The first-order chi connectivity index (χ1) is 33.5. The van der Waals surface area contributed by atoms with E-state index in [0.717, 1.165) is 27.8 Å². The molecule has 3 fully saturated rings. The standard InChI is InChI=1S/C52H69N5O11S2/c1-7-32(41(58)59)29-70-69-22-21-68-47(63)54-53-45(61)52(65)43-50(17-20-57-18-12-16-49(9-3,42(50)57)44(52)60)37-24-38(40(66-5)25-39(37)55(43)4)51(46(62)67-6)27-31-26-48(64,8-2)30-56(28-31)19-15-35-34-14-11-10-13-33(34)23-36(35)51/h10-14,16,24-25,31-32,42-44,60,64-65H,7-9,15,17-23,26-30H2,1-6H3,(H,53,61)(H,54,63)(H,58,59)/t31-,32+,42+,43-,44-,48+,49-,50-,51-,52+/m1/s1. The summed E-state index contributed by atoms with van der Waals surface area (Å²) in [5, 5.41) is 47.7. The first kappa shape index (κ1) is 50.6. The summed E-state index contributed by atoms with van der Waals surface area (Å²) in [6, 6.07) is 10.9. The first-order valence-electron chi connectivity index (χ1n) is 24.9. The number of hydrazine groups is 1. The van der Waals surface area contributed by atoms with Crippen molar-refractivity contribution < 1.29 is 53.8 Å². The van der Waals surface area contributed by atoms with Crippen LogP contribution in [0.2, 0.25) is 0 Å². The zero-order valence-electron chi connectivity index (χ0n) is 41.1. The van der Waals surface area contributed by atoms with E-state index in [-0.39, 0.29) is 12.5 Å². The van der Waals surface area contributed by atoms with Gasteiger partial charge in [-0.2, -0.15) is 0 Å². The number of nitrogens with zero attached hydrogens (tertiary/aromatic N) is 3. The lowest BCUT2D eigenvalue weighted by Crippen LogP contribution is -2.82. The number of esters is 1. The lowest BCUT2D eigenvalue weighted by atomic mass is 9.47. The molecule has 7 aliphatic rings. The minimum Gasteiger partial charge on any atom is -0.496 e. The van der Waals surface area contributed by atoms with Gasteiger partial charge in [-0.05, 0) is 97.7 Å². The number of rotatable bonds is 14. The van der Waals surface area contributed by atoms with E-state index in [1.54, 1.807) is 7.11 Å². The summed E-state index contributed by atoms with van der Waals surface area (Å²) >= 11 is 0. The highest BCUT2D eigenvalue weighted by Crippen LogP contribution is 2.68. The number of piperidine rings is 1. The Kier molecular flexibility index (Phi) is 13.9. The molecule has 18 heteroatoms. The molecule has 11 atom stereocenters. The number of carboxylic acid groups (broad SMARTS) is 1. The number of amides is 2. The second kappa shape index (κ2) is 19.3. The number of ether oxygens (including phenoxy) is 3. The normalized spacial score (nSPS) is 34.1. The van der Waals surface area contributed by atoms with Gasteiger partial charge >= 0.3 is 18.0 Å². The number of carbonyl (C=O) groups is 4. The fraction of sp³-hybridized carbons (Fsp3) is 0.615. The molecule has 2 aromatic carbocycles. The lowest BCUT2D eigenvalue weighted by Gasteiger charge is -2.63. The predicted molar refractivity (Wildman–Crippen MR) is 268 cm³/mol. The first-order valence-corrected chi connectivity index (χ1v) is 27.3. The highest BCUT2D eigenvalue weighted by Gasteiger charge is 2.79. The number of carboxylic acids is 1. The highest BCUT2D eigenvalue weighted by atomic mass is 33.1. The van der Waals surface area contributed by atoms with Crippen molar-refractivity contribution in [2.75, 3.05) is 77.0 Å². The van der Waals surface area contributed by atoms with Crippen LogP contribution in [0.3, 0.4) is 0 Å². The van der Waals surface area contributed by atoms with Gasteiger partial charge < -0.3 is 39.5 Å². The summed E-state index contributed by atoms with van der Waals surface area (Å²) in [6.45, 7) is 8.92. The second-order valence-electron chi connectivity index (χ2n) is 20.7. The molecule has 0 radical (unpaired) electrons. The molecule has 1 unspecified atom stereocenters. The molecular weight excluding hydrogens is 935 g/mol. The summed E-state index contributed by atoms with van der Waals surface area (Å²) in [6.07, 6.45) is 5.33. The van der Waals surface area contributed by atoms with Gasteiger partial charge in [-0.25, -0.2) is 10.2 Å². The van der Waals surface area contributed by atoms with Crippen molar-refractivity contribution in [3.8, 4) is 5.75 Å². The quantitative estimate of drug-likeness (QED) is 0.0493. The number of hydrogen-bond acceptors (Lipinski definition) is 15. The second-order valence-corrected chi connectivity index (χ2v) is 23.3. The summed E-state index contributed by atoms with van der Waals surface area (Å²) < 4.78 is 17.8. The molecule has 16 nitrogen and oxygen atoms in total. The molecule has 5 aliphatic heterocycles. The third-order valence-electron chi connectivity index (χ3n) is 17.4. The van der Waals surface area contributed by atoms with E-state index in [2.05, 4.69) is 38.9 Å². The smallest absolute Gasteiger partial charge is 0.426 e. The van der Waals surface area contributed by atoms with Crippen LogP contribution in [0.5, 0.6) is 5.75 Å². The Labute approximate surface area is 418 Å². The Hall–Kier alpha value is -4.30. The molecule has 1 spiro atoms. The van der Waals surface area contributed by atoms with Gasteiger partial charge in [-0.1, -0.05) is 78.8 Å². The maximum atomic E-state index is 15.5. The van der Waals surface area contributed by atoms with E-state index in [4.69, 9.17) is 14.2 Å². The third kappa shape index (κ3) is 7.75. The number of aliphatic hydroxyl groups is 3. The summed E-state index contributed by atoms with van der Waals surface area (Å²) in [5.74, 6) is -1.65. The van der Waals surface area contributed by atoms with Gasteiger partial charge in [0.2, 0.25) is 0 Å². The number of aliphatic carboxylic acids is 1. The average molecular weight is 1000 g/mol. The summed E-state index contributed by atoms with van der Waals surface area (Å²) in [5.41, 5.74) is 4.16. The van der Waals surface area contributed by atoms with Gasteiger partial charge in [0, 0.05) is 78.9 Å². The van der Waals surface area contributed by atoms with Crippen LogP contribution < -0.4 is 20.5 Å². The highest BCUT2D eigenvalue weighted by molar-refractivity contribution is 8.76. The Balaban J connectivity index is 1.14. The predicted octanol–water partition coefficient (Wildman–Crippen LogP) is 4.82. The number of nitrogens with one attached hydrogen (secondary N) is 2. The average Bonchev–Trinajstić information content (AvgIpc) is 4.02.